The smallest absolute Gasteiger partial charge is 0.277 e. The van der Waals surface area contributed by atoms with Crippen molar-refractivity contribution in [1.29, 1.82) is 0 Å². The van der Waals surface area contributed by atoms with Gasteiger partial charge in [-0.25, -0.2) is 9.11 Å². The Bertz CT molecular complexity index is 561. The van der Waals surface area contributed by atoms with E-state index in [4.69, 9.17) is 18.0 Å². The van der Waals surface area contributed by atoms with Crippen LogP contribution in [0, 0.1) is 5.82 Å². The van der Waals surface area contributed by atoms with Crippen molar-refractivity contribution in [3.05, 3.63) is 35.1 Å². The van der Waals surface area contributed by atoms with Crippen LogP contribution in [0.25, 0.3) is 0 Å². The maximum Gasteiger partial charge on any atom is 0.277 e. The molecule has 0 atom stereocenters. The van der Waals surface area contributed by atoms with E-state index >= 15 is 0 Å². The van der Waals surface area contributed by atoms with Crippen molar-refractivity contribution in [2.45, 2.75) is 19.9 Å². The molecule has 0 unspecified atom stereocenters. The van der Waals surface area contributed by atoms with Gasteiger partial charge in [-0.2, -0.15) is 13.1 Å². The summed E-state index contributed by atoms with van der Waals surface area (Å²) in [6.45, 7) is 2.04. The summed E-state index contributed by atoms with van der Waals surface area (Å²) in [6.07, 6.45) is 0.678. The molecular formula is C11H16FN3O2S2. The molecule has 0 saturated carbocycles. The molecule has 0 aromatic heterocycles. The normalized spacial score (nSPS) is 11.5. The number of rotatable bonds is 7. The van der Waals surface area contributed by atoms with Crippen molar-refractivity contribution >= 4 is 27.4 Å². The fraction of sp³-hybridized carbons (Fsp3) is 0.364. The summed E-state index contributed by atoms with van der Waals surface area (Å²) < 4.78 is 41.2. The van der Waals surface area contributed by atoms with Gasteiger partial charge in [-0.3, -0.25) is 0 Å². The van der Waals surface area contributed by atoms with Gasteiger partial charge in [0.25, 0.3) is 10.2 Å². The predicted molar refractivity (Wildman–Crippen MR) is 76.3 cm³/mol. The topological polar surface area (TPSA) is 84.2 Å². The lowest BCUT2D eigenvalue weighted by molar-refractivity contribution is 0.560. The van der Waals surface area contributed by atoms with Crippen LogP contribution < -0.4 is 15.2 Å². The molecule has 0 radical (unpaired) electrons. The van der Waals surface area contributed by atoms with Crippen LogP contribution in [0.4, 0.5) is 4.39 Å². The third-order valence-electron chi connectivity index (χ3n) is 2.33. The molecule has 1 rings (SSSR count). The zero-order valence-electron chi connectivity index (χ0n) is 10.4. The van der Waals surface area contributed by atoms with Gasteiger partial charge in [0.1, 0.15) is 10.8 Å². The standard InChI is InChI=1S/C11H16FN3O2S2/c1-2-5-14-19(16,17)15-7-9-4-3-8(11(13)18)6-10(9)12/h3-4,6,14-15H,2,5,7H2,1H3,(H2,13,18). The van der Waals surface area contributed by atoms with Gasteiger partial charge in [-0.05, 0) is 12.5 Å². The number of halogens is 1. The molecule has 0 bridgehead atoms. The molecule has 5 nitrogen and oxygen atoms in total. The molecule has 0 saturated heterocycles. The Morgan fingerprint density at radius 3 is 2.63 bits per heavy atom. The van der Waals surface area contributed by atoms with E-state index in [0.29, 0.717) is 18.5 Å². The maximum absolute atomic E-state index is 13.7. The highest BCUT2D eigenvalue weighted by Crippen LogP contribution is 2.10. The molecule has 0 aliphatic heterocycles. The van der Waals surface area contributed by atoms with Crippen LogP contribution in [-0.4, -0.2) is 20.0 Å². The Balaban J connectivity index is 2.71. The van der Waals surface area contributed by atoms with E-state index in [0.717, 1.165) is 0 Å². The third kappa shape index (κ3) is 5.19. The van der Waals surface area contributed by atoms with E-state index in [2.05, 4.69) is 9.44 Å². The second-order valence-electron chi connectivity index (χ2n) is 3.89. The Kier molecular flexibility index (Phi) is 5.80. The number of nitrogens with two attached hydrogens (primary N) is 1. The lowest BCUT2D eigenvalue weighted by atomic mass is 10.1. The predicted octanol–water partition coefficient (Wildman–Crippen LogP) is 0.794. The highest BCUT2D eigenvalue weighted by molar-refractivity contribution is 7.87. The average Bonchev–Trinajstić information content (AvgIpc) is 2.35. The van der Waals surface area contributed by atoms with E-state index in [1.807, 2.05) is 6.92 Å². The second-order valence-corrected chi connectivity index (χ2v) is 5.91. The average molecular weight is 305 g/mol. The number of hydrogen-bond donors (Lipinski definition) is 3. The van der Waals surface area contributed by atoms with Gasteiger partial charge in [0.2, 0.25) is 0 Å². The zero-order chi connectivity index (χ0) is 14.5. The summed E-state index contributed by atoms with van der Waals surface area (Å²) in [6, 6.07) is 4.19. The second kappa shape index (κ2) is 6.90. The van der Waals surface area contributed by atoms with Crippen LogP contribution in [0.2, 0.25) is 0 Å². The highest BCUT2D eigenvalue weighted by atomic mass is 32.2. The van der Waals surface area contributed by atoms with Crippen LogP contribution in [-0.2, 0) is 16.8 Å². The number of thiocarbonyl (C=S) groups is 1. The molecular weight excluding hydrogens is 289 g/mol. The van der Waals surface area contributed by atoms with Gasteiger partial charge in [0.05, 0.1) is 0 Å². The Labute approximate surface area is 117 Å². The monoisotopic (exact) mass is 305 g/mol. The molecule has 1 aromatic carbocycles. The number of nitrogens with one attached hydrogen (secondary N) is 2. The minimum atomic E-state index is -3.60. The van der Waals surface area contributed by atoms with Gasteiger partial charge >= 0.3 is 0 Å². The Hall–Kier alpha value is -1.09. The highest BCUT2D eigenvalue weighted by Gasteiger charge is 2.10. The van der Waals surface area contributed by atoms with Crippen molar-refractivity contribution in [3.8, 4) is 0 Å². The SMILES string of the molecule is CCCNS(=O)(=O)NCc1ccc(C(N)=S)cc1F. The van der Waals surface area contributed by atoms with Crippen molar-refractivity contribution in [3.63, 3.8) is 0 Å². The summed E-state index contributed by atoms with van der Waals surface area (Å²) in [5.41, 5.74) is 6.00. The summed E-state index contributed by atoms with van der Waals surface area (Å²) in [5, 5.41) is 0. The fourth-order valence-corrected chi connectivity index (χ4v) is 2.35. The van der Waals surface area contributed by atoms with E-state index < -0.39 is 16.0 Å². The molecule has 8 heteroatoms. The molecule has 19 heavy (non-hydrogen) atoms. The minimum Gasteiger partial charge on any atom is -0.389 e. The van der Waals surface area contributed by atoms with Gasteiger partial charge in [0, 0.05) is 24.2 Å². The molecule has 0 spiro atoms. The fourth-order valence-electron chi connectivity index (χ4n) is 1.30. The van der Waals surface area contributed by atoms with E-state index in [9.17, 15) is 12.8 Å². The summed E-state index contributed by atoms with van der Waals surface area (Å²) in [7, 11) is -3.60. The number of benzene rings is 1. The van der Waals surface area contributed by atoms with E-state index in [1.54, 1.807) is 6.07 Å². The Morgan fingerprint density at radius 1 is 1.42 bits per heavy atom. The van der Waals surface area contributed by atoms with Crippen LogP contribution in [0.3, 0.4) is 0 Å². The first-order valence-electron chi connectivity index (χ1n) is 5.68. The van der Waals surface area contributed by atoms with Gasteiger partial charge in [0.15, 0.2) is 0 Å². The van der Waals surface area contributed by atoms with Crippen LogP contribution >= 0.6 is 12.2 Å². The first-order chi connectivity index (χ1) is 8.85. The molecule has 0 aliphatic carbocycles. The van der Waals surface area contributed by atoms with Gasteiger partial charge < -0.3 is 5.73 Å². The maximum atomic E-state index is 13.7. The molecule has 0 aliphatic rings. The summed E-state index contributed by atoms with van der Waals surface area (Å²) in [4.78, 5) is 0.0932. The van der Waals surface area contributed by atoms with Gasteiger partial charge in [-0.1, -0.05) is 31.3 Å². The Morgan fingerprint density at radius 2 is 2.11 bits per heavy atom. The van der Waals surface area contributed by atoms with Crippen molar-refractivity contribution in [2.75, 3.05) is 6.54 Å². The van der Waals surface area contributed by atoms with E-state index in [1.165, 1.54) is 12.1 Å². The molecule has 106 valence electrons. The van der Waals surface area contributed by atoms with Crippen LogP contribution in [0.1, 0.15) is 24.5 Å². The van der Waals surface area contributed by atoms with Crippen LogP contribution in [0.15, 0.2) is 18.2 Å². The zero-order valence-corrected chi connectivity index (χ0v) is 12.1. The molecule has 0 amide bonds. The third-order valence-corrected chi connectivity index (χ3v) is 3.68. The molecule has 1 aromatic rings. The van der Waals surface area contributed by atoms with Crippen molar-refractivity contribution < 1.29 is 12.8 Å². The number of hydrogen-bond acceptors (Lipinski definition) is 3. The van der Waals surface area contributed by atoms with Crippen molar-refractivity contribution in [2.24, 2.45) is 5.73 Å². The lowest BCUT2D eigenvalue weighted by Crippen LogP contribution is -2.36. The first kappa shape index (κ1) is 16.0. The van der Waals surface area contributed by atoms with E-state index in [-0.39, 0.29) is 17.1 Å². The first-order valence-corrected chi connectivity index (χ1v) is 7.57. The molecule has 4 N–H and O–H groups in total. The van der Waals surface area contributed by atoms with Crippen molar-refractivity contribution in [1.82, 2.24) is 9.44 Å². The molecule has 0 heterocycles. The minimum absolute atomic E-state index is 0.0932. The van der Waals surface area contributed by atoms with Gasteiger partial charge in [-0.15, -0.1) is 0 Å². The lowest BCUT2D eigenvalue weighted by Gasteiger charge is -2.09. The summed E-state index contributed by atoms with van der Waals surface area (Å²) in [5.74, 6) is -0.552. The van der Waals surface area contributed by atoms with Crippen LogP contribution in [0.5, 0.6) is 0 Å². The quantitative estimate of drug-likeness (QED) is 0.650. The molecule has 0 fully saturated rings. The summed E-state index contributed by atoms with van der Waals surface area (Å²) >= 11 is 4.73. The largest absolute Gasteiger partial charge is 0.389 e.